The summed E-state index contributed by atoms with van der Waals surface area (Å²) in [6.07, 6.45) is 1.24. The first-order valence-electron chi connectivity index (χ1n) is 5.93. The van der Waals surface area contributed by atoms with Gasteiger partial charge in [0.1, 0.15) is 11.9 Å². The Kier molecular flexibility index (Phi) is 3.17. The standard InChI is InChI=1S/C14H17FN2/c1-14(2)6-12(14)9-17-8-11-5-3-4-10(7-16)13(11)15/h3-5,12,17H,6,8-9H2,1-2H3. The first-order chi connectivity index (χ1) is 8.04. The third kappa shape index (κ3) is 2.65. The zero-order valence-corrected chi connectivity index (χ0v) is 10.3. The smallest absolute Gasteiger partial charge is 0.145 e. The van der Waals surface area contributed by atoms with Crippen molar-refractivity contribution in [3.8, 4) is 6.07 Å². The van der Waals surface area contributed by atoms with Crippen LogP contribution in [-0.4, -0.2) is 6.54 Å². The van der Waals surface area contributed by atoms with Gasteiger partial charge >= 0.3 is 0 Å². The van der Waals surface area contributed by atoms with E-state index in [1.165, 1.54) is 12.5 Å². The molecule has 1 fully saturated rings. The van der Waals surface area contributed by atoms with Crippen LogP contribution in [0.15, 0.2) is 18.2 Å². The van der Waals surface area contributed by atoms with Gasteiger partial charge < -0.3 is 5.32 Å². The van der Waals surface area contributed by atoms with E-state index in [-0.39, 0.29) is 5.56 Å². The molecule has 1 atom stereocenters. The lowest BCUT2D eigenvalue weighted by molar-refractivity contribution is 0.512. The Hall–Kier alpha value is -1.40. The van der Waals surface area contributed by atoms with Crippen LogP contribution in [0.2, 0.25) is 0 Å². The summed E-state index contributed by atoms with van der Waals surface area (Å²) in [4.78, 5) is 0. The zero-order valence-electron chi connectivity index (χ0n) is 10.3. The highest BCUT2D eigenvalue weighted by atomic mass is 19.1. The minimum Gasteiger partial charge on any atom is -0.312 e. The molecule has 0 spiro atoms. The third-order valence-electron chi connectivity index (χ3n) is 3.62. The lowest BCUT2D eigenvalue weighted by Gasteiger charge is -2.07. The van der Waals surface area contributed by atoms with E-state index in [1.807, 2.05) is 6.07 Å². The molecule has 2 rings (SSSR count). The number of hydrogen-bond donors (Lipinski definition) is 1. The van der Waals surface area contributed by atoms with Crippen LogP contribution < -0.4 is 5.32 Å². The summed E-state index contributed by atoms with van der Waals surface area (Å²) in [5.41, 5.74) is 1.14. The number of nitrogens with one attached hydrogen (secondary N) is 1. The molecule has 1 N–H and O–H groups in total. The van der Waals surface area contributed by atoms with Crippen molar-refractivity contribution in [2.75, 3.05) is 6.54 Å². The third-order valence-corrected chi connectivity index (χ3v) is 3.62. The predicted molar refractivity (Wildman–Crippen MR) is 64.7 cm³/mol. The van der Waals surface area contributed by atoms with Gasteiger partial charge in [-0.1, -0.05) is 26.0 Å². The molecule has 1 aliphatic rings. The molecule has 1 aliphatic carbocycles. The van der Waals surface area contributed by atoms with Crippen molar-refractivity contribution in [2.24, 2.45) is 11.3 Å². The number of nitriles is 1. The predicted octanol–water partition coefficient (Wildman–Crippen LogP) is 2.83. The van der Waals surface area contributed by atoms with Crippen molar-refractivity contribution in [2.45, 2.75) is 26.8 Å². The van der Waals surface area contributed by atoms with Crippen molar-refractivity contribution < 1.29 is 4.39 Å². The van der Waals surface area contributed by atoms with E-state index < -0.39 is 5.82 Å². The molecule has 0 amide bonds. The van der Waals surface area contributed by atoms with Gasteiger partial charge in [0, 0.05) is 12.1 Å². The van der Waals surface area contributed by atoms with Crippen LogP contribution in [0.25, 0.3) is 0 Å². The maximum absolute atomic E-state index is 13.7. The molecule has 0 heterocycles. The summed E-state index contributed by atoms with van der Waals surface area (Å²) < 4.78 is 13.7. The highest BCUT2D eigenvalue weighted by Crippen LogP contribution is 2.50. The highest BCUT2D eigenvalue weighted by Gasteiger charge is 2.44. The van der Waals surface area contributed by atoms with E-state index in [1.54, 1.807) is 12.1 Å². The molecule has 1 aromatic rings. The molecular formula is C14H17FN2. The molecule has 1 aromatic carbocycles. The summed E-state index contributed by atoms with van der Waals surface area (Å²) in [5, 5.41) is 12.0. The van der Waals surface area contributed by atoms with Crippen LogP contribution in [-0.2, 0) is 6.54 Å². The van der Waals surface area contributed by atoms with Crippen molar-refractivity contribution in [1.29, 1.82) is 5.26 Å². The quantitative estimate of drug-likeness (QED) is 0.866. The molecule has 3 heteroatoms. The maximum Gasteiger partial charge on any atom is 0.145 e. The van der Waals surface area contributed by atoms with Gasteiger partial charge in [-0.15, -0.1) is 0 Å². The second-order valence-electron chi connectivity index (χ2n) is 5.41. The molecule has 17 heavy (non-hydrogen) atoms. The molecule has 2 nitrogen and oxygen atoms in total. The van der Waals surface area contributed by atoms with Crippen LogP contribution in [0.5, 0.6) is 0 Å². The van der Waals surface area contributed by atoms with E-state index in [9.17, 15) is 4.39 Å². The van der Waals surface area contributed by atoms with Crippen LogP contribution in [0.1, 0.15) is 31.4 Å². The number of benzene rings is 1. The van der Waals surface area contributed by atoms with E-state index in [0.717, 1.165) is 6.54 Å². The summed E-state index contributed by atoms with van der Waals surface area (Å²) in [7, 11) is 0. The molecule has 0 radical (unpaired) electrons. The van der Waals surface area contributed by atoms with Gasteiger partial charge in [0.25, 0.3) is 0 Å². The average molecular weight is 232 g/mol. The number of rotatable bonds is 4. The summed E-state index contributed by atoms with van der Waals surface area (Å²) in [5.74, 6) is 0.308. The Morgan fingerprint density at radius 1 is 1.53 bits per heavy atom. The van der Waals surface area contributed by atoms with E-state index >= 15 is 0 Å². The van der Waals surface area contributed by atoms with Crippen LogP contribution in [0.3, 0.4) is 0 Å². The van der Waals surface area contributed by atoms with Gasteiger partial charge in [-0.2, -0.15) is 5.26 Å². The number of hydrogen-bond acceptors (Lipinski definition) is 2. The van der Waals surface area contributed by atoms with Gasteiger partial charge in [-0.3, -0.25) is 0 Å². The fourth-order valence-corrected chi connectivity index (χ4v) is 2.11. The number of halogens is 1. The van der Waals surface area contributed by atoms with Gasteiger partial charge in [0.05, 0.1) is 5.56 Å². The van der Waals surface area contributed by atoms with Crippen molar-refractivity contribution >= 4 is 0 Å². The molecule has 0 bridgehead atoms. The monoisotopic (exact) mass is 232 g/mol. The highest BCUT2D eigenvalue weighted by molar-refractivity contribution is 5.34. The Morgan fingerprint density at radius 3 is 2.82 bits per heavy atom. The molecule has 0 saturated heterocycles. The largest absolute Gasteiger partial charge is 0.312 e. The Labute approximate surface area is 101 Å². The zero-order chi connectivity index (χ0) is 12.5. The van der Waals surface area contributed by atoms with Gasteiger partial charge in [-0.25, -0.2) is 4.39 Å². The number of nitrogens with zero attached hydrogens (tertiary/aromatic N) is 1. The minimum atomic E-state index is -0.391. The Balaban J connectivity index is 1.90. The lowest BCUT2D eigenvalue weighted by atomic mass is 10.1. The minimum absolute atomic E-state index is 0.121. The SMILES string of the molecule is CC1(C)CC1CNCc1cccc(C#N)c1F. The van der Waals surface area contributed by atoms with Crippen molar-refractivity contribution in [1.82, 2.24) is 5.32 Å². The van der Waals surface area contributed by atoms with Gasteiger partial charge in [0.2, 0.25) is 0 Å². The second kappa shape index (κ2) is 4.46. The fraction of sp³-hybridized carbons (Fsp3) is 0.500. The summed E-state index contributed by atoms with van der Waals surface area (Å²) >= 11 is 0. The van der Waals surface area contributed by atoms with E-state index in [0.29, 0.717) is 23.4 Å². The second-order valence-corrected chi connectivity index (χ2v) is 5.41. The normalized spacial score (nSPS) is 20.9. The maximum atomic E-state index is 13.7. The van der Waals surface area contributed by atoms with E-state index in [4.69, 9.17) is 5.26 Å². The lowest BCUT2D eigenvalue weighted by Crippen LogP contribution is -2.19. The topological polar surface area (TPSA) is 35.8 Å². The molecular weight excluding hydrogens is 215 g/mol. The van der Waals surface area contributed by atoms with Gasteiger partial charge in [0.15, 0.2) is 0 Å². The Bertz CT molecular complexity index is 460. The molecule has 0 aliphatic heterocycles. The van der Waals surface area contributed by atoms with Gasteiger partial charge in [-0.05, 0) is 30.4 Å². The van der Waals surface area contributed by atoms with Crippen LogP contribution in [0, 0.1) is 28.5 Å². The fourth-order valence-electron chi connectivity index (χ4n) is 2.11. The summed E-state index contributed by atoms with van der Waals surface area (Å²) in [6, 6.07) is 6.81. The first kappa shape index (κ1) is 12.1. The molecule has 90 valence electrons. The van der Waals surface area contributed by atoms with Crippen molar-refractivity contribution in [3.63, 3.8) is 0 Å². The molecule has 1 unspecified atom stereocenters. The van der Waals surface area contributed by atoms with Crippen LogP contribution >= 0.6 is 0 Å². The van der Waals surface area contributed by atoms with Crippen molar-refractivity contribution in [3.05, 3.63) is 35.1 Å². The first-order valence-corrected chi connectivity index (χ1v) is 5.93. The van der Waals surface area contributed by atoms with E-state index in [2.05, 4.69) is 19.2 Å². The summed E-state index contributed by atoms with van der Waals surface area (Å²) in [6.45, 7) is 5.91. The molecule has 0 aromatic heterocycles. The molecule has 1 saturated carbocycles. The van der Waals surface area contributed by atoms with Crippen LogP contribution in [0.4, 0.5) is 4.39 Å². The Morgan fingerprint density at radius 2 is 2.24 bits per heavy atom. The average Bonchev–Trinajstić information content (AvgIpc) is 2.89.